The molecule has 0 heterocycles. The monoisotopic (exact) mass is 1320 g/mol. The molecule has 0 radical (unpaired) electrons. The summed E-state index contributed by atoms with van der Waals surface area (Å²) >= 11 is 0. The van der Waals surface area contributed by atoms with Gasteiger partial charge >= 0.3 is 39.5 Å². The number of rotatable bonds is 70. The molecule has 0 amide bonds. The topological polar surface area (TPSA) is 237 Å². The lowest BCUT2D eigenvalue weighted by molar-refractivity contribution is -0.161. The molecule has 0 saturated carbocycles. The van der Waals surface area contributed by atoms with Gasteiger partial charge in [-0.3, -0.25) is 37.3 Å². The van der Waals surface area contributed by atoms with E-state index in [1.807, 2.05) is 0 Å². The van der Waals surface area contributed by atoms with E-state index in [1.165, 1.54) is 167 Å². The third kappa shape index (κ3) is 62.2. The molecule has 0 aliphatic carbocycles. The van der Waals surface area contributed by atoms with Crippen molar-refractivity contribution in [3.05, 3.63) is 0 Å². The second-order valence-corrected chi connectivity index (χ2v) is 29.0. The molecule has 90 heavy (non-hydrogen) atoms. The van der Waals surface area contributed by atoms with E-state index in [0.717, 1.165) is 115 Å². The number of hydrogen-bond acceptors (Lipinski definition) is 15. The summed E-state index contributed by atoms with van der Waals surface area (Å²) in [4.78, 5) is 72.3. The molecule has 4 unspecified atom stereocenters. The van der Waals surface area contributed by atoms with Gasteiger partial charge in [0.1, 0.15) is 19.3 Å². The maximum atomic E-state index is 13.0. The Morgan fingerprint density at radius 2 is 0.533 bits per heavy atom. The van der Waals surface area contributed by atoms with Crippen LogP contribution in [0.15, 0.2) is 0 Å². The average Bonchev–Trinajstić information content (AvgIpc) is 3.29. The van der Waals surface area contributed by atoms with E-state index in [2.05, 4.69) is 41.5 Å². The molecule has 0 aliphatic heterocycles. The maximum absolute atomic E-state index is 13.0. The van der Waals surface area contributed by atoms with Crippen molar-refractivity contribution >= 4 is 39.5 Å². The number of phosphoric ester groups is 2. The number of unbranched alkanes of at least 4 members (excludes halogenated alkanes) is 38. The van der Waals surface area contributed by atoms with Crippen molar-refractivity contribution in [3.63, 3.8) is 0 Å². The lowest BCUT2D eigenvalue weighted by Gasteiger charge is -2.21. The number of ether oxygens (including phenoxy) is 4. The number of aliphatic hydroxyl groups excluding tert-OH is 1. The smallest absolute Gasteiger partial charge is 0.462 e. The van der Waals surface area contributed by atoms with E-state index in [0.29, 0.717) is 25.7 Å². The van der Waals surface area contributed by atoms with Crippen LogP contribution in [0.4, 0.5) is 0 Å². The molecule has 0 aromatic carbocycles. The zero-order valence-corrected chi connectivity index (χ0v) is 60.2. The molecule has 534 valence electrons. The summed E-state index contributed by atoms with van der Waals surface area (Å²) in [5, 5.41) is 10.6. The number of phosphoric acid groups is 2. The Bertz CT molecular complexity index is 1760. The van der Waals surface area contributed by atoms with Gasteiger partial charge in [-0.15, -0.1) is 0 Å². The summed E-state index contributed by atoms with van der Waals surface area (Å²) in [7, 11) is -9.89. The third-order valence-electron chi connectivity index (χ3n) is 17.2. The standard InChI is InChI=1S/C71H138O17P2/c1-7-11-13-15-17-35-41-47-53-68(73)81-59-66(87-70(75)55-49-43-36-18-16-14-12-8-2)61-85-89(77,78)83-57-65(72)58-84-90(79,80)86-62-67(60-82-69(74)54-48-42-37-32-31-34-40-46-52-64(6)10-4)88-71(76)56-50-44-38-30-28-26-24-22-20-19-21-23-25-27-29-33-39-45-51-63(5)9-3/h63-67,72H,7-62H2,1-6H3,(H,77,78)(H,79,80)/t63?,64?,65-,66+,67+/m0/s1. The minimum atomic E-state index is -4.95. The highest BCUT2D eigenvalue weighted by Gasteiger charge is 2.30. The van der Waals surface area contributed by atoms with Gasteiger partial charge in [0.15, 0.2) is 12.2 Å². The Morgan fingerprint density at radius 1 is 0.311 bits per heavy atom. The van der Waals surface area contributed by atoms with Crippen LogP contribution < -0.4 is 0 Å². The minimum Gasteiger partial charge on any atom is -0.462 e. The molecular formula is C71H138O17P2. The zero-order chi connectivity index (χ0) is 66.5. The molecule has 0 spiro atoms. The van der Waals surface area contributed by atoms with E-state index in [1.54, 1.807) is 0 Å². The van der Waals surface area contributed by atoms with Crippen molar-refractivity contribution in [1.29, 1.82) is 0 Å². The first kappa shape index (κ1) is 88.1. The summed E-state index contributed by atoms with van der Waals surface area (Å²) in [6.45, 7) is 9.56. The molecule has 0 aromatic heterocycles. The lowest BCUT2D eigenvalue weighted by atomic mass is 9.99. The van der Waals surface area contributed by atoms with Crippen molar-refractivity contribution in [2.45, 2.75) is 381 Å². The van der Waals surface area contributed by atoms with Gasteiger partial charge in [0, 0.05) is 25.7 Å². The highest BCUT2D eigenvalue weighted by Crippen LogP contribution is 2.45. The van der Waals surface area contributed by atoms with E-state index >= 15 is 0 Å². The lowest BCUT2D eigenvalue weighted by Crippen LogP contribution is -2.30. The predicted molar refractivity (Wildman–Crippen MR) is 363 cm³/mol. The van der Waals surface area contributed by atoms with Gasteiger partial charge in [-0.1, -0.05) is 311 Å². The molecule has 0 aliphatic rings. The van der Waals surface area contributed by atoms with Crippen LogP contribution in [0.2, 0.25) is 0 Å². The van der Waals surface area contributed by atoms with Crippen molar-refractivity contribution in [1.82, 2.24) is 0 Å². The van der Waals surface area contributed by atoms with Gasteiger partial charge in [-0.25, -0.2) is 9.13 Å². The van der Waals surface area contributed by atoms with Gasteiger partial charge in [0.25, 0.3) is 0 Å². The highest BCUT2D eigenvalue weighted by atomic mass is 31.2. The molecule has 0 aromatic rings. The van der Waals surface area contributed by atoms with E-state index in [4.69, 9.17) is 37.0 Å². The van der Waals surface area contributed by atoms with E-state index < -0.39 is 97.5 Å². The molecule has 3 N–H and O–H groups in total. The summed E-state index contributed by atoms with van der Waals surface area (Å²) in [6, 6.07) is 0. The van der Waals surface area contributed by atoms with Gasteiger partial charge in [0.05, 0.1) is 26.4 Å². The fourth-order valence-electron chi connectivity index (χ4n) is 10.7. The fraction of sp³-hybridized carbons (Fsp3) is 0.944. The quantitative estimate of drug-likeness (QED) is 0.0222. The molecule has 17 nitrogen and oxygen atoms in total. The SMILES string of the molecule is CCCCCCCCCCC(=O)OC[C@H](COP(=O)(O)OC[C@H](O)COP(=O)(O)OC[C@@H](COC(=O)CCCCCCCCCCC(C)CC)OC(=O)CCCCCCCCCCCCCCCCCCCCC(C)CC)OC(=O)CCCCCCCCCC. The maximum Gasteiger partial charge on any atom is 0.472 e. The Hall–Kier alpha value is -1.94. The van der Waals surface area contributed by atoms with Gasteiger partial charge in [-0.05, 0) is 37.5 Å². The minimum absolute atomic E-state index is 0.105. The third-order valence-corrected chi connectivity index (χ3v) is 19.1. The first-order valence-electron chi connectivity index (χ1n) is 37.1. The van der Waals surface area contributed by atoms with Crippen LogP contribution >= 0.6 is 15.6 Å². The van der Waals surface area contributed by atoms with Crippen molar-refractivity contribution < 1.29 is 80.2 Å². The number of esters is 4. The predicted octanol–water partition coefficient (Wildman–Crippen LogP) is 20.4. The van der Waals surface area contributed by atoms with Gasteiger partial charge in [0.2, 0.25) is 0 Å². The normalized spacial score (nSPS) is 14.7. The number of hydrogen-bond donors (Lipinski definition) is 3. The molecule has 0 fully saturated rings. The number of aliphatic hydroxyl groups is 1. The largest absolute Gasteiger partial charge is 0.472 e. The van der Waals surface area contributed by atoms with Gasteiger partial charge < -0.3 is 33.8 Å². The van der Waals surface area contributed by atoms with Crippen molar-refractivity contribution in [2.24, 2.45) is 11.8 Å². The first-order valence-corrected chi connectivity index (χ1v) is 40.1. The highest BCUT2D eigenvalue weighted by molar-refractivity contribution is 7.47. The van der Waals surface area contributed by atoms with Crippen LogP contribution in [0.5, 0.6) is 0 Å². The Kier molecular flexibility index (Phi) is 61.8. The Balaban J connectivity index is 5.12. The second kappa shape index (κ2) is 63.1. The van der Waals surface area contributed by atoms with Crippen LogP contribution in [0.25, 0.3) is 0 Å². The summed E-state index contributed by atoms with van der Waals surface area (Å²) in [5.41, 5.74) is 0. The van der Waals surface area contributed by atoms with Crippen LogP contribution in [0.1, 0.15) is 363 Å². The van der Waals surface area contributed by atoms with E-state index in [9.17, 15) is 43.2 Å². The first-order chi connectivity index (χ1) is 43.4. The summed E-state index contributed by atoms with van der Waals surface area (Å²) < 4.78 is 68.1. The van der Waals surface area contributed by atoms with Crippen molar-refractivity contribution in [3.8, 4) is 0 Å². The van der Waals surface area contributed by atoms with E-state index in [-0.39, 0.29) is 25.7 Å². The summed E-state index contributed by atoms with van der Waals surface area (Å²) in [5.74, 6) is -0.481. The Morgan fingerprint density at radius 3 is 0.789 bits per heavy atom. The average molecular weight is 1330 g/mol. The second-order valence-electron chi connectivity index (χ2n) is 26.1. The number of carbonyl (C=O) groups is 4. The Labute approximate surface area is 549 Å². The molecule has 7 atom stereocenters. The zero-order valence-electron chi connectivity index (χ0n) is 58.4. The van der Waals surface area contributed by atoms with Crippen LogP contribution in [-0.4, -0.2) is 96.7 Å². The fourth-order valence-corrected chi connectivity index (χ4v) is 12.3. The molecule has 0 rings (SSSR count). The van der Waals surface area contributed by atoms with Crippen LogP contribution in [0.3, 0.4) is 0 Å². The van der Waals surface area contributed by atoms with Crippen LogP contribution in [-0.2, 0) is 65.4 Å². The molecule has 0 bridgehead atoms. The van der Waals surface area contributed by atoms with Crippen molar-refractivity contribution in [2.75, 3.05) is 39.6 Å². The molecule has 0 saturated heterocycles. The molecule has 19 heteroatoms. The van der Waals surface area contributed by atoms with Crippen LogP contribution in [0, 0.1) is 11.8 Å². The summed E-state index contributed by atoms with van der Waals surface area (Å²) in [6.07, 6.45) is 48.8. The van der Waals surface area contributed by atoms with Gasteiger partial charge in [-0.2, -0.15) is 0 Å². The molecular weight excluding hydrogens is 1190 g/mol. The number of carbonyl (C=O) groups excluding carboxylic acids is 4.